The number of nitrogens with one attached hydrogen (secondary N) is 1. The van der Waals surface area contributed by atoms with E-state index in [1.807, 2.05) is 18.2 Å². The quantitative estimate of drug-likeness (QED) is 0.742. The Bertz CT molecular complexity index is 500. The van der Waals surface area contributed by atoms with Crippen molar-refractivity contribution in [3.8, 4) is 17.6 Å². The van der Waals surface area contributed by atoms with E-state index in [4.69, 9.17) is 10.5 Å². The fourth-order valence-electron chi connectivity index (χ4n) is 1.80. The number of hydrogen-bond acceptors (Lipinski definition) is 3. The molecule has 2 rings (SSSR count). The van der Waals surface area contributed by atoms with Crippen LogP contribution >= 0.6 is 0 Å². The van der Waals surface area contributed by atoms with Crippen LogP contribution in [0.2, 0.25) is 0 Å². The fraction of sp³-hybridized carbons (Fsp3) is 0.357. The summed E-state index contributed by atoms with van der Waals surface area (Å²) in [6.45, 7) is 1.12. The zero-order valence-corrected chi connectivity index (χ0v) is 10.2. The lowest BCUT2D eigenvalue weighted by Gasteiger charge is -2.16. The third-order valence-electron chi connectivity index (χ3n) is 2.70. The van der Waals surface area contributed by atoms with Crippen molar-refractivity contribution < 1.29 is 9.53 Å². The van der Waals surface area contributed by atoms with E-state index >= 15 is 0 Å². The van der Waals surface area contributed by atoms with Gasteiger partial charge in [-0.05, 0) is 36.6 Å². The molecule has 0 unspecified atom stereocenters. The molecule has 18 heavy (non-hydrogen) atoms. The van der Waals surface area contributed by atoms with Crippen LogP contribution in [0, 0.1) is 11.8 Å². The van der Waals surface area contributed by atoms with Gasteiger partial charge in [0.05, 0.1) is 19.7 Å². The maximum absolute atomic E-state index is 10.9. The minimum absolute atomic E-state index is 0.00212. The van der Waals surface area contributed by atoms with Gasteiger partial charge in [0.25, 0.3) is 0 Å². The fourth-order valence-corrected chi connectivity index (χ4v) is 1.80. The van der Waals surface area contributed by atoms with Gasteiger partial charge in [0.1, 0.15) is 5.75 Å². The van der Waals surface area contributed by atoms with Crippen LogP contribution in [0.5, 0.6) is 5.75 Å². The molecule has 0 saturated heterocycles. The molecule has 94 valence electrons. The van der Waals surface area contributed by atoms with E-state index < -0.39 is 0 Å². The summed E-state index contributed by atoms with van der Waals surface area (Å²) in [5.41, 5.74) is 7.32. The lowest BCUT2D eigenvalue weighted by atomic mass is 10.0. The minimum atomic E-state index is -0.192. The molecule has 0 atom stereocenters. The SMILES string of the molecule is NCC(=O)NCC#Cc1ccc2c(c1)CCCO2. The number of ether oxygens (including phenoxy) is 1. The molecule has 1 aromatic rings. The summed E-state index contributed by atoms with van der Waals surface area (Å²) in [4.78, 5) is 10.9. The topological polar surface area (TPSA) is 64.4 Å². The van der Waals surface area contributed by atoms with Crippen LogP contribution in [0.25, 0.3) is 0 Å². The third kappa shape index (κ3) is 3.25. The molecular weight excluding hydrogens is 228 g/mol. The second kappa shape index (κ2) is 6.08. The number of benzene rings is 1. The first kappa shape index (κ1) is 12.5. The number of hydrogen-bond donors (Lipinski definition) is 2. The molecule has 4 heteroatoms. The lowest BCUT2D eigenvalue weighted by molar-refractivity contribution is -0.119. The molecule has 1 aliphatic rings. The van der Waals surface area contributed by atoms with Crippen LogP contribution in [-0.2, 0) is 11.2 Å². The van der Waals surface area contributed by atoms with Crippen molar-refractivity contribution in [2.75, 3.05) is 19.7 Å². The molecule has 0 bridgehead atoms. The molecule has 0 spiro atoms. The van der Waals surface area contributed by atoms with Gasteiger partial charge in [-0.15, -0.1) is 0 Å². The van der Waals surface area contributed by atoms with Crippen molar-refractivity contribution in [1.82, 2.24) is 5.32 Å². The van der Waals surface area contributed by atoms with Crippen LogP contribution in [0.4, 0.5) is 0 Å². The van der Waals surface area contributed by atoms with Crippen molar-refractivity contribution in [2.45, 2.75) is 12.8 Å². The Morgan fingerprint density at radius 1 is 1.50 bits per heavy atom. The summed E-state index contributed by atoms with van der Waals surface area (Å²) in [6.07, 6.45) is 2.09. The highest BCUT2D eigenvalue weighted by molar-refractivity contribution is 5.77. The summed E-state index contributed by atoms with van der Waals surface area (Å²) in [7, 11) is 0. The molecule has 0 radical (unpaired) electrons. The number of fused-ring (bicyclic) bond motifs is 1. The summed E-state index contributed by atoms with van der Waals surface area (Å²) >= 11 is 0. The molecule has 1 aliphatic heterocycles. The molecule has 3 N–H and O–H groups in total. The number of rotatable bonds is 2. The molecule has 0 saturated carbocycles. The number of amides is 1. The lowest BCUT2D eigenvalue weighted by Crippen LogP contribution is -2.30. The molecule has 0 fully saturated rings. The summed E-state index contributed by atoms with van der Waals surface area (Å²) in [5.74, 6) is 6.68. The smallest absolute Gasteiger partial charge is 0.234 e. The van der Waals surface area contributed by atoms with Gasteiger partial charge in [-0.1, -0.05) is 11.8 Å². The Morgan fingerprint density at radius 2 is 2.39 bits per heavy atom. The highest BCUT2D eigenvalue weighted by Crippen LogP contribution is 2.25. The van der Waals surface area contributed by atoms with Crippen molar-refractivity contribution in [1.29, 1.82) is 0 Å². The predicted octanol–water partition coefficient (Wildman–Crippen LogP) is 0.438. The second-order valence-electron chi connectivity index (χ2n) is 4.06. The second-order valence-corrected chi connectivity index (χ2v) is 4.06. The first-order valence-corrected chi connectivity index (χ1v) is 6.01. The molecule has 1 aromatic carbocycles. The molecule has 1 amide bonds. The van der Waals surface area contributed by atoms with Crippen LogP contribution in [0.15, 0.2) is 18.2 Å². The van der Waals surface area contributed by atoms with Crippen molar-refractivity contribution in [3.05, 3.63) is 29.3 Å². The van der Waals surface area contributed by atoms with Crippen LogP contribution < -0.4 is 15.8 Å². The Balaban J connectivity index is 1.97. The zero-order chi connectivity index (χ0) is 12.8. The standard InChI is InChI=1S/C14H16N2O2/c15-10-14(17)16-7-1-3-11-5-6-13-12(9-11)4-2-8-18-13/h5-6,9H,2,4,7-8,10,15H2,(H,16,17). The molecule has 0 aromatic heterocycles. The van der Waals surface area contributed by atoms with Crippen LogP contribution in [0.1, 0.15) is 17.5 Å². The van der Waals surface area contributed by atoms with E-state index in [2.05, 4.69) is 17.2 Å². The zero-order valence-electron chi connectivity index (χ0n) is 10.2. The van der Waals surface area contributed by atoms with Crippen molar-refractivity contribution in [2.24, 2.45) is 5.73 Å². The van der Waals surface area contributed by atoms with E-state index in [-0.39, 0.29) is 12.5 Å². The van der Waals surface area contributed by atoms with Gasteiger partial charge in [0, 0.05) is 5.56 Å². The van der Waals surface area contributed by atoms with E-state index in [9.17, 15) is 4.79 Å². The van der Waals surface area contributed by atoms with Gasteiger partial charge in [-0.3, -0.25) is 4.79 Å². The van der Waals surface area contributed by atoms with Crippen LogP contribution in [-0.4, -0.2) is 25.6 Å². The normalized spacial score (nSPS) is 12.7. The maximum atomic E-state index is 10.9. The van der Waals surface area contributed by atoms with E-state index in [1.165, 1.54) is 5.56 Å². The monoisotopic (exact) mass is 244 g/mol. The van der Waals surface area contributed by atoms with E-state index in [0.717, 1.165) is 30.8 Å². The highest BCUT2D eigenvalue weighted by Gasteiger charge is 2.09. The van der Waals surface area contributed by atoms with Gasteiger partial charge in [-0.2, -0.15) is 0 Å². The largest absolute Gasteiger partial charge is 0.493 e. The average molecular weight is 244 g/mol. The minimum Gasteiger partial charge on any atom is -0.493 e. The first-order chi connectivity index (χ1) is 8.79. The summed E-state index contributed by atoms with van der Waals surface area (Å²) in [6, 6.07) is 5.94. The summed E-state index contributed by atoms with van der Waals surface area (Å²) in [5, 5.41) is 2.60. The van der Waals surface area contributed by atoms with E-state index in [0.29, 0.717) is 6.54 Å². The van der Waals surface area contributed by atoms with Gasteiger partial charge in [-0.25, -0.2) is 0 Å². The number of carbonyl (C=O) groups excluding carboxylic acids is 1. The molecular formula is C14H16N2O2. The third-order valence-corrected chi connectivity index (χ3v) is 2.70. The number of aryl methyl sites for hydroxylation is 1. The highest BCUT2D eigenvalue weighted by atomic mass is 16.5. The Labute approximate surface area is 107 Å². The molecule has 0 aliphatic carbocycles. The molecule has 1 heterocycles. The van der Waals surface area contributed by atoms with Gasteiger partial charge in [0.15, 0.2) is 0 Å². The number of nitrogens with two attached hydrogens (primary N) is 1. The predicted molar refractivity (Wildman–Crippen MR) is 69.2 cm³/mol. The van der Waals surface area contributed by atoms with Crippen molar-refractivity contribution >= 4 is 5.91 Å². The van der Waals surface area contributed by atoms with Crippen molar-refractivity contribution in [3.63, 3.8) is 0 Å². The van der Waals surface area contributed by atoms with Gasteiger partial charge < -0.3 is 15.8 Å². The first-order valence-electron chi connectivity index (χ1n) is 6.01. The number of carbonyl (C=O) groups is 1. The Morgan fingerprint density at radius 3 is 3.22 bits per heavy atom. The van der Waals surface area contributed by atoms with Crippen LogP contribution in [0.3, 0.4) is 0 Å². The van der Waals surface area contributed by atoms with Gasteiger partial charge in [0.2, 0.25) is 5.91 Å². The van der Waals surface area contributed by atoms with Gasteiger partial charge >= 0.3 is 0 Å². The average Bonchev–Trinajstić information content (AvgIpc) is 2.43. The Kier molecular flexibility index (Phi) is 4.21. The summed E-state index contributed by atoms with van der Waals surface area (Å²) < 4.78 is 5.53. The van der Waals surface area contributed by atoms with E-state index in [1.54, 1.807) is 0 Å². The Hall–Kier alpha value is -1.99. The maximum Gasteiger partial charge on any atom is 0.234 e. The molecule has 4 nitrogen and oxygen atoms in total.